The fourth-order valence-electron chi connectivity index (χ4n) is 3.02. The van der Waals surface area contributed by atoms with Crippen LogP contribution in [0.25, 0.3) is 0 Å². The van der Waals surface area contributed by atoms with Crippen LogP contribution < -0.4 is 0 Å². The van der Waals surface area contributed by atoms with Crippen molar-refractivity contribution in [1.82, 2.24) is 4.31 Å². The standard InChI is InChI=1S/C21H29NO4S/c1-14(2)8-11-16(4)18-19(21(5,6)7)26-20(23)22(18)27(24,25)17-12-9-15(3)10-13-17/h8-10,12-13,18-19H,4,11H2,1-3,5-7H3/t18-,19+/m0/s1. The number of aryl methyl sites for hydroxylation is 1. The third-order valence-corrected chi connectivity index (χ3v) is 6.33. The van der Waals surface area contributed by atoms with E-state index in [4.69, 9.17) is 4.74 Å². The number of ether oxygens (including phenoxy) is 1. The van der Waals surface area contributed by atoms with Gasteiger partial charge >= 0.3 is 6.09 Å². The first kappa shape index (κ1) is 21.2. The highest BCUT2D eigenvalue weighted by Crippen LogP contribution is 2.39. The molecule has 1 aliphatic heterocycles. The third kappa shape index (κ3) is 4.43. The summed E-state index contributed by atoms with van der Waals surface area (Å²) in [6.45, 7) is 15.7. The van der Waals surface area contributed by atoms with E-state index in [0.29, 0.717) is 12.0 Å². The van der Waals surface area contributed by atoms with E-state index in [2.05, 4.69) is 6.58 Å². The van der Waals surface area contributed by atoms with Gasteiger partial charge in [-0.1, -0.05) is 56.7 Å². The zero-order valence-corrected chi connectivity index (χ0v) is 17.8. The van der Waals surface area contributed by atoms with Gasteiger partial charge in [0.2, 0.25) is 0 Å². The zero-order chi connectivity index (χ0) is 20.6. The van der Waals surface area contributed by atoms with Gasteiger partial charge in [-0.05, 0) is 44.9 Å². The minimum Gasteiger partial charge on any atom is -0.442 e. The Balaban J connectivity index is 2.53. The molecule has 1 heterocycles. The molecule has 1 amide bonds. The predicted octanol–water partition coefficient (Wildman–Crippen LogP) is 4.83. The van der Waals surface area contributed by atoms with Gasteiger partial charge in [-0.2, -0.15) is 4.31 Å². The Bertz CT molecular complexity index is 856. The molecule has 0 aromatic heterocycles. The smallest absolute Gasteiger partial charge is 0.424 e. The highest BCUT2D eigenvalue weighted by Gasteiger charge is 2.53. The van der Waals surface area contributed by atoms with Gasteiger partial charge in [-0.3, -0.25) is 0 Å². The van der Waals surface area contributed by atoms with Crippen molar-refractivity contribution in [3.05, 3.63) is 53.6 Å². The first-order chi connectivity index (χ1) is 12.4. The number of nitrogens with zero attached hydrogens (tertiary/aromatic N) is 1. The second kappa shape index (κ2) is 7.50. The first-order valence-corrected chi connectivity index (χ1v) is 10.4. The van der Waals surface area contributed by atoms with E-state index in [1.807, 2.05) is 47.6 Å². The Kier molecular flexibility index (Phi) is 5.90. The van der Waals surface area contributed by atoms with Crippen molar-refractivity contribution >= 4 is 16.1 Å². The number of allylic oxidation sites excluding steroid dienone is 2. The molecule has 0 spiro atoms. The summed E-state index contributed by atoms with van der Waals surface area (Å²) in [4.78, 5) is 12.7. The fraction of sp³-hybridized carbons (Fsp3) is 0.476. The normalized spacial score (nSPS) is 20.4. The van der Waals surface area contributed by atoms with Crippen molar-refractivity contribution in [2.24, 2.45) is 5.41 Å². The van der Waals surface area contributed by atoms with E-state index in [1.165, 1.54) is 12.1 Å². The molecule has 1 aromatic rings. The van der Waals surface area contributed by atoms with E-state index in [0.717, 1.165) is 15.4 Å². The van der Waals surface area contributed by atoms with Crippen LogP contribution in [0.3, 0.4) is 0 Å². The SMILES string of the molecule is C=C(CC=C(C)C)[C@H]1[C@H](C(C)(C)C)OC(=O)N1S(=O)(=O)c1ccc(C)cc1. The molecule has 1 aliphatic rings. The van der Waals surface area contributed by atoms with Crippen LogP contribution in [-0.4, -0.2) is 31.0 Å². The summed E-state index contributed by atoms with van der Waals surface area (Å²) in [5.41, 5.74) is 2.24. The molecule has 0 saturated carbocycles. The number of hydrogen-bond acceptors (Lipinski definition) is 4. The van der Waals surface area contributed by atoms with Gasteiger partial charge in [-0.15, -0.1) is 0 Å². The summed E-state index contributed by atoms with van der Waals surface area (Å²) >= 11 is 0. The highest BCUT2D eigenvalue weighted by molar-refractivity contribution is 7.89. The quantitative estimate of drug-likeness (QED) is 0.674. The molecule has 1 fully saturated rings. The van der Waals surface area contributed by atoms with Crippen LogP contribution in [0.4, 0.5) is 4.79 Å². The number of hydrogen-bond donors (Lipinski definition) is 0. The van der Waals surface area contributed by atoms with Crippen molar-refractivity contribution in [3.8, 4) is 0 Å². The molecule has 1 aromatic carbocycles. The van der Waals surface area contributed by atoms with Crippen LogP contribution in [-0.2, 0) is 14.8 Å². The van der Waals surface area contributed by atoms with Gasteiger partial charge < -0.3 is 4.74 Å². The second-order valence-corrected chi connectivity index (χ2v) is 10.2. The average molecular weight is 392 g/mol. The fourth-order valence-corrected chi connectivity index (χ4v) is 4.52. The van der Waals surface area contributed by atoms with Gasteiger partial charge in [0.25, 0.3) is 10.0 Å². The molecule has 1 saturated heterocycles. The van der Waals surface area contributed by atoms with Crippen LogP contribution in [0.2, 0.25) is 0 Å². The van der Waals surface area contributed by atoms with Gasteiger partial charge in [0.1, 0.15) is 12.1 Å². The maximum atomic E-state index is 13.3. The van der Waals surface area contributed by atoms with Crippen molar-refractivity contribution in [2.45, 2.75) is 65.0 Å². The lowest BCUT2D eigenvalue weighted by atomic mass is 9.82. The molecule has 0 unspecified atom stereocenters. The molecule has 148 valence electrons. The minimum atomic E-state index is -4.05. The van der Waals surface area contributed by atoms with Crippen molar-refractivity contribution in [3.63, 3.8) is 0 Å². The molecular weight excluding hydrogens is 362 g/mol. The molecule has 2 rings (SSSR count). The number of carbonyl (C=O) groups excluding carboxylic acids is 1. The molecule has 0 aliphatic carbocycles. The summed E-state index contributed by atoms with van der Waals surface area (Å²) in [6.07, 6.45) is 1.000. The zero-order valence-electron chi connectivity index (χ0n) is 16.9. The maximum Gasteiger partial charge on any atom is 0.424 e. The lowest BCUT2D eigenvalue weighted by molar-refractivity contribution is 0.0612. The Morgan fingerprint density at radius 2 is 1.78 bits per heavy atom. The number of benzene rings is 1. The summed E-state index contributed by atoms with van der Waals surface area (Å²) in [5, 5.41) is 0. The monoisotopic (exact) mass is 391 g/mol. The van der Waals surface area contributed by atoms with Crippen molar-refractivity contribution < 1.29 is 17.9 Å². The Morgan fingerprint density at radius 1 is 1.22 bits per heavy atom. The van der Waals surface area contributed by atoms with Crippen LogP contribution in [0, 0.1) is 12.3 Å². The van der Waals surface area contributed by atoms with Crippen molar-refractivity contribution in [1.29, 1.82) is 0 Å². The van der Waals surface area contributed by atoms with Gasteiger partial charge in [0.05, 0.1) is 4.90 Å². The van der Waals surface area contributed by atoms with Crippen LogP contribution in [0.15, 0.2) is 53.0 Å². The van der Waals surface area contributed by atoms with Crippen LogP contribution >= 0.6 is 0 Å². The molecule has 0 N–H and O–H groups in total. The van der Waals surface area contributed by atoms with Gasteiger partial charge in [-0.25, -0.2) is 13.2 Å². The second-order valence-electron chi connectivity index (χ2n) is 8.37. The van der Waals surface area contributed by atoms with E-state index in [-0.39, 0.29) is 4.90 Å². The highest BCUT2D eigenvalue weighted by atomic mass is 32.2. The molecule has 6 heteroatoms. The van der Waals surface area contributed by atoms with Gasteiger partial charge in [0, 0.05) is 5.41 Å². The molecule has 2 atom stereocenters. The van der Waals surface area contributed by atoms with E-state index in [1.54, 1.807) is 12.1 Å². The molecule has 5 nitrogen and oxygen atoms in total. The minimum absolute atomic E-state index is 0.0691. The van der Waals surface area contributed by atoms with Crippen LogP contribution in [0.5, 0.6) is 0 Å². The first-order valence-electron chi connectivity index (χ1n) is 8.98. The number of sulfonamides is 1. The Morgan fingerprint density at radius 3 is 2.26 bits per heavy atom. The summed E-state index contributed by atoms with van der Waals surface area (Å²) < 4.78 is 32.9. The van der Waals surface area contributed by atoms with E-state index in [9.17, 15) is 13.2 Å². The molecule has 27 heavy (non-hydrogen) atoms. The molecule has 0 radical (unpaired) electrons. The number of rotatable bonds is 5. The summed E-state index contributed by atoms with van der Waals surface area (Å²) in [7, 11) is -4.05. The summed E-state index contributed by atoms with van der Waals surface area (Å²) in [6, 6.07) is 5.70. The predicted molar refractivity (Wildman–Crippen MR) is 107 cm³/mol. The van der Waals surface area contributed by atoms with E-state index >= 15 is 0 Å². The average Bonchev–Trinajstić information content (AvgIpc) is 2.91. The molecule has 0 bridgehead atoms. The maximum absolute atomic E-state index is 13.3. The topological polar surface area (TPSA) is 63.7 Å². The summed E-state index contributed by atoms with van der Waals surface area (Å²) in [5.74, 6) is 0. The Hall–Kier alpha value is -2.08. The lowest BCUT2D eigenvalue weighted by Crippen LogP contribution is -2.45. The largest absolute Gasteiger partial charge is 0.442 e. The van der Waals surface area contributed by atoms with E-state index < -0.39 is 33.7 Å². The number of amides is 1. The number of carbonyl (C=O) groups is 1. The van der Waals surface area contributed by atoms with Crippen LogP contribution in [0.1, 0.15) is 46.6 Å². The Labute approximate surface area is 162 Å². The van der Waals surface area contributed by atoms with Gasteiger partial charge in [0.15, 0.2) is 0 Å². The third-order valence-electron chi connectivity index (χ3n) is 4.57. The number of cyclic esters (lactones) is 1. The lowest BCUT2D eigenvalue weighted by Gasteiger charge is -2.32. The van der Waals surface area contributed by atoms with Crippen molar-refractivity contribution in [2.75, 3.05) is 0 Å². The molecular formula is C21H29NO4S.